The highest BCUT2D eigenvalue weighted by atomic mass is 35.5. The second kappa shape index (κ2) is 10.8. The number of hydrogen-bond acceptors (Lipinski definition) is 5. The minimum Gasteiger partial charge on any atom is -0.369 e. The molecule has 9 nitrogen and oxygen atoms in total. The van der Waals surface area contributed by atoms with Gasteiger partial charge in [-0.25, -0.2) is 24.7 Å². The first-order valence-electron chi connectivity index (χ1n) is 10.1. The summed E-state index contributed by atoms with van der Waals surface area (Å²) in [6.07, 6.45) is -0.0464. The normalized spacial score (nSPS) is 11.4. The van der Waals surface area contributed by atoms with E-state index >= 15 is 0 Å². The van der Waals surface area contributed by atoms with Gasteiger partial charge in [0.05, 0.1) is 16.9 Å². The molecule has 0 unspecified atom stereocenters. The van der Waals surface area contributed by atoms with Crippen LogP contribution >= 0.6 is 24.0 Å². The van der Waals surface area contributed by atoms with Gasteiger partial charge in [0.2, 0.25) is 0 Å². The van der Waals surface area contributed by atoms with Gasteiger partial charge in [0.1, 0.15) is 12.7 Å². The van der Waals surface area contributed by atoms with Crippen LogP contribution in [-0.2, 0) is 6.18 Å². The van der Waals surface area contributed by atoms with Gasteiger partial charge in [0, 0.05) is 31.2 Å². The fourth-order valence-electron chi connectivity index (χ4n) is 3.10. The Bertz CT molecular complexity index is 1400. The minimum atomic E-state index is -4.64. The van der Waals surface area contributed by atoms with Crippen molar-refractivity contribution in [3.63, 3.8) is 0 Å². The number of imidazole rings is 1. The Morgan fingerprint density at radius 1 is 1.06 bits per heavy atom. The summed E-state index contributed by atoms with van der Waals surface area (Å²) in [4.78, 5) is 31.1. The molecule has 0 saturated carbocycles. The van der Waals surface area contributed by atoms with Crippen LogP contribution in [0.3, 0.4) is 0 Å². The Kier molecular flexibility index (Phi) is 8.00. The van der Waals surface area contributed by atoms with E-state index in [1.165, 1.54) is 12.4 Å². The lowest BCUT2D eigenvalue weighted by Gasteiger charge is -2.12. The van der Waals surface area contributed by atoms with Gasteiger partial charge in [-0.15, -0.1) is 12.4 Å². The van der Waals surface area contributed by atoms with Crippen LogP contribution in [0.1, 0.15) is 5.56 Å². The van der Waals surface area contributed by atoms with Gasteiger partial charge < -0.3 is 15.5 Å². The first kappa shape index (κ1) is 26.7. The third-order valence-electron chi connectivity index (χ3n) is 4.66. The number of hydrogen-bond donors (Lipinski definition) is 2. The smallest absolute Gasteiger partial charge is 0.369 e. The van der Waals surface area contributed by atoms with Crippen molar-refractivity contribution in [2.75, 3.05) is 24.7 Å². The van der Waals surface area contributed by atoms with Crippen LogP contribution in [-0.4, -0.2) is 50.9 Å². The van der Waals surface area contributed by atoms with Crippen LogP contribution in [0.2, 0.25) is 5.02 Å². The van der Waals surface area contributed by atoms with E-state index in [1.54, 1.807) is 46.4 Å². The van der Waals surface area contributed by atoms with Gasteiger partial charge >= 0.3 is 12.2 Å². The third kappa shape index (κ3) is 6.01. The number of anilines is 2. The number of alkyl halides is 3. The van der Waals surface area contributed by atoms with E-state index in [2.05, 4.69) is 30.6 Å². The number of benzene rings is 2. The monoisotopic (exact) mass is 538 g/mol. The van der Waals surface area contributed by atoms with Gasteiger partial charge in [-0.3, -0.25) is 4.57 Å². The van der Waals surface area contributed by atoms with Crippen molar-refractivity contribution in [3.8, 4) is 5.69 Å². The number of halogens is 5. The minimum absolute atomic E-state index is 0. The van der Waals surface area contributed by atoms with Crippen LogP contribution in [0.4, 0.5) is 35.2 Å². The maximum Gasteiger partial charge on any atom is 0.417 e. The van der Waals surface area contributed by atoms with Gasteiger partial charge in [-0.2, -0.15) is 13.2 Å². The summed E-state index contributed by atoms with van der Waals surface area (Å²) in [7, 11) is 3.68. The summed E-state index contributed by atoms with van der Waals surface area (Å²) < 4.78 is 40.8. The van der Waals surface area contributed by atoms with E-state index < -0.39 is 22.8 Å². The molecular formula is C22H19Cl2F3N8O. The summed E-state index contributed by atoms with van der Waals surface area (Å²) in [5.74, 6) is 0.424. The average molecular weight is 539 g/mol. The zero-order valence-corrected chi connectivity index (χ0v) is 20.4. The zero-order valence-electron chi connectivity index (χ0n) is 18.8. The molecule has 0 aliphatic heterocycles. The van der Waals surface area contributed by atoms with Crippen LogP contribution in [0.15, 0.2) is 60.1 Å². The molecule has 0 aliphatic carbocycles. The van der Waals surface area contributed by atoms with E-state index in [1.807, 2.05) is 14.1 Å². The van der Waals surface area contributed by atoms with Gasteiger partial charge in [0.15, 0.2) is 17.0 Å². The predicted octanol–water partition coefficient (Wildman–Crippen LogP) is 5.77. The molecule has 2 heterocycles. The molecule has 4 rings (SSSR count). The number of rotatable bonds is 5. The number of nitrogens with one attached hydrogen (secondary N) is 2. The number of aliphatic imine (C=N–C) groups is 1. The molecule has 4 aromatic rings. The quantitative estimate of drug-likeness (QED) is 0.248. The Labute approximate surface area is 214 Å². The Morgan fingerprint density at radius 3 is 2.39 bits per heavy atom. The van der Waals surface area contributed by atoms with Crippen molar-refractivity contribution in [2.24, 2.45) is 4.99 Å². The molecule has 14 heteroatoms. The van der Waals surface area contributed by atoms with E-state index in [0.717, 1.165) is 12.1 Å². The number of amides is 2. The molecule has 0 radical (unpaired) electrons. The van der Waals surface area contributed by atoms with Crippen molar-refractivity contribution >= 4 is 64.7 Å². The van der Waals surface area contributed by atoms with E-state index in [9.17, 15) is 18.0 Å². The highest BCUT2D eigenvalue weighted by molar-refractivity contribution is 6.31. The van der Waals surface area contributed by atoms with Crippen LogP contribution in [0.5, 0.6) is 0 Å². The summed E-state index contributed by atoms with van der Waals surface area (Å²) in [5, 5.41) is 4.48. The molecular weight excluding hydrogens is 520 g/mol. The van der Waals surface area contributed by atoms with Crippen molar-refractivity contribution in [3.05, 3.63) is 65.7 Å². The van der Waals surface area contributed by atoms with Gasteiger partial charge in [-0.1, -0.05) is 11.6 Å². The lowest BCUT2D eigenvalue weighted by atomic mass is 10.2. The first-order chi connectivity index (χ1) is 16.6. The maximum atomic E-state index is 13.0. The highest BCUT2D eigenvalue weighted by Gasteiger charge is 2.33. The second-order valence-electron chi connectivity index (χ2n) is 7.51. The van der Waals surface area contributed by atoms with E-state index in [0.29, 0.717) is 28.4 Å². The Balaban J connectivity index is 0.00000361. The molecule has 36 heavy (non-hydrogen) atoms. The van der Waals surface area contributed by atoms with Crippen molar-refractivity contribution in [1.29, 1.82) is 0 Å². The van der Waals surface area contributed by atoms with E-state index in [4.69, 9.17) is 11.6 Å². The summed E-state index contributed by atoms with van der Waals surface area (Å²) in [6, 6.07) is 9.14. The standard InChI is InChI=1S/C22H18ClF3N8O.ClH/c1-33(2)11-30-19-18-20(28-10-27-19)34(12-29-18)15-6-3-13(4-7-15)31-21(35)32-14-5-8-17(23)16(9-14)22(24,25)26;/h3-12H,1-2H3,(H2,31,32,35);1H/b30-11-;. The zero-order chi connectivity index (χ0) is 25.2. The topological polar surface area (TPSA) is 100 Å². The highest BCUT2D eigenvalue weighted by Crippen LogP contribution is 2.36. The Morgan fingerprint density at radius 2 is 1.72 bits per heavy atom. The Hall–Kier alpha value is -3.90. The molecule has 0 fully saturated rings. The molecule has 188 valence electrons. The number of nitrogens with zero attached hydrogens (tertiary/aromatic N) is 6. The van der Waals surface area contributed by atoms with Crippen LogP contribution < -0.4 is 10.6 Å². The second-order valence-corrected chi connectivity index (χ2v) is 7.92. The van der Waals surface area contributed by atoms with Crippen LogP contribution in [0.25, 0.3) is 16.9 Å². The first-order valence-corrected chi connectivity index (χ1v) is 10.4. The maximum absolute atomic E-state index is 13.0. The van der Waals surface area contributed by atoms with E-state index in [-0.39, 0.29) is 18.1 Å². The lowest BCUT2D eigenvalue weighted by molar-refractivity contribution is -0.137. The number of fused-ring (bicyclic) bond motifs is 1. The number of aromatic nitrogens is 4. The van der Waals surface area contributed by atoms with Crippen LogP contribution in [0, 0.1) is 0 Å². The molecule has 0 bridgehead atoms. The summed E-state index contributed by atoms with van der Waals surface area (Å²) >= 11 is 5.61. The largest absolute Gasteiger partial charge is 0.417 e. The van der Waals surface area contributed by atoms with Crippen molar-refractivity contribution < 1.29 is 18.0 Å². The third-order valence-corrected chi connectivity index (χ3v) is 4.99. The van der Waals surface area contributed by atoms with Gasteiger partial charge in [0.25, 0.3) is 0 Å². The number of carbonyl (C=O) groups excluding carboxylic acids is 1. The molecule has 0 atom stereocenters. The molecule has 0 aliphatic rings. The molecule has 2 N–H and O–H groups in total. The van der Waals surface area contributed by atoms with Crippen molar-refractivity contribution in [2.45, 2.75) is 6.18 Å². The summed E-state index contributed by atoms with van der Waals surface area (Å²) in [5.41, 5.74) is 1.13. The predicted molar refractivity (Wildman–Crippen MR) is 135 cm³/mol. The number of urea groups is 1. The number of carbonyl (C=O) groups is 1. The molecule has 2 aromatic carbocycles. The molecule has 0 saturated heterocycles. The van der Waals surface area contributed by atoms with Crippen molar-refractivity contribution in [1.82, 2.24) is 24.4 Å². The average Bonchev–Trinajstić information content (AvgIpc) is 3.23. The molecule has 0 spiro atoms. The summed E-state index contributed by atoms with van der Waals surface area (Å²) in [6.45, 7) is 0. The van der Waals surface area contributed by atoms with Gasteiger partial charge in [-0.05, 0) is 42.5 Å². The molecule has 2 amide bonds. The lowest BCUT2D eigenvalue weighted by Crippen LogP contribution is -2.20. The SMILES string of the molecule is CN(C)/C=N\c1ncnc2c1ncn2-c1ccc(NC(=O)Nc2ccc(Cl)c(C(F)(F)F)c2)cc1.Cl. The fourth-order valence-corrected chi connectivity index (χ4v) is 3.32. The molecule has 2 aromatic heterocycles. The fraction of sp³-hybridized carbons (Fsp3) is 0.136.